The highest BCUT2D eigenvalue weighted by Gasteiger charge is 2.16. The number of rotatable bonds is 7. The monoisotopic (exact) mass is 288 g/mol. The fraction of sp³-hybridized carbons (Fsp3) is 0.375. The van der Waals surface area contributed by atoms with Crippen LogP contribution in [0.3, 0.4) is 0 Å². The molecule has 0 aromatic carbocycles. The van der Waals surface area contributed by atoms with E-state index < -0.39 is 5.97 Å². The lowest BCUT2D eigenvalue weighted by Crippen LogP contribution is -2.09. The van der Waals surface area contributed by atoms with Crippen molar-refractivity contribution in [3.63, 3.8) is 0 Å². The molecule has 0 aliphatic rings. The van der Waals surface area contributed by atoms with Gasteiger partial charge in [0.1, 0.15) is 0 Å². The van der Waals surface area contributed by atoms with Gasteiger partial charge >= 0.3 is 5.97 Å². The average molecular weight is 288 g/mol. The number of carbonyl (C=O) groups excluding carboxylic acids is 1. The van der Waals surface area contributed by atoms with Crippen molar-refractivity contribution < 1.29 is 14.3 Å². The Hall–Kier alpha value is -2.30. The molecule has 5 heteroatoms. The molecule has 1 N–H and O–H groups in total. The van der Waals surface area contributed by atoms with Crippen molar-refractivity contribution in [2.75, 3.05) is 13.2 Å². The third-order valence-corrected chi connectivity index (χ3v) is 3.06. The second kappa shape index (κ2) is 7.47. The summed E-state index contributed by atoms with van der Waals surface area (Å²) in [5, 5.41) is 0.920. The van der Waals surface area contributed by atoms with Gasteiger partial charge in [-0.25, -0.2) is 9.78 Å². The second-order valence-corrected chi connectivity index (χ2v) is 4.57. The van der Waals surface area contributed by atoms with Crippen molar-refractivity contribution in [3.8, 4) is 0 Å². The number of carbonyl (C=O) groups is 1. The quantitative estimate of drug-likeness (QED) is 0.481. The molecule has 5 nitrogen and oxygen atoms in total. The van der Waals surface area contributed by atoms with E-state index in [2.05, 4.69) is 16.9 Å². The van der Waals surface area contributed by atoms with Crippen LogP contribution in [0, 0.1) is 0 Å². The van der Waals surface area contributed by atoms with Crippen LogP contribution in [0.25, 0.3) is 17.0 Å². The zero-order chi connectivity index (χ0) is 15.1. The van der Waals surface area contributed by atoms with Crippen molar-refractivity contribution in [1.29, 1.82) is 0 Å². The van der Waals surface area contributed by atoms with E-state index in [1.54, 1.807) is 25.5 Å². The highest BCUT2D eigenvalue weighted by Crippen LogP contribution is 2.22. The molecule has 0 saturated carbocycles. The molecule has 0 aliphatic heterocycles. The Balaban J connectivity index is 2.30. The lowest BCUT2D eigenvalue weighted by atomic mass is 10.1. The van der Waals surface area contributed by atoms with Gasteiger partial charge in [0, 0.05) is 17.1 Å². The summed E-state index contributed by atoms with van der Waals surface area (Å²) in [5.74, 6) is -0.422. The molecule has 2 aromatic rings. The topological polar surface area (TPSA) is 64.2 Å². The van der Waals surface area contributed by atoms with Crippen LogP contribution in [0.4, 0.5) is 0 Å². The number of hydrogen-bond acceptors (Lipinski definition) is 4. The Kier molecular flexibility index (Phi) is 5.37. The first-order valence-corrected chi connectivity index (χ1v) is 7.19. The van der Waals surface area contributed by atoms with Crippen LogP contribution in [0.15, 0.2) is 24.7 Å². The zero-order valence-electron chi connectivity index (χ0n) is 12.4. The second-order valence-electron chi connectivity index (χ2n) is 4.57. The number of aromatic nitrogens is 2. The summed E-state index contributed by atoms with van der Waals surface area (Å²) in [4.78, 5) is 19.3. The van der Waals surface area contributed by atoms with Crippen LogP contribution >= 0.6 is 0 Å². The summed E-state index contributed by atoms with van der Waals surface area (Å²) in [6, 6.07) is 1.91. The van der Waals surface area contributed by atoms with E-state index in [1.165, 1.54) is 0 Å². The summed E-state index contributed by atoms with van der Waals surface area (Å²) < 4.78 is 10.5. The largest absolute Gasteiger partial charge is 0.501 e. The van der Waals surface area contributed by atoms with E-state index in [0.29, 0.717) is 24.5 Å². The number of nitrogens with one attached hydrogen (secondary N) is 1. The molecule has 2 aromatic heterocycles. The normalized spacial score (nSPS) is 11.1. The highest BCUT2D eigenvalue weighted by atomic mass is 16.5. The summed E-state index contributed by atoms with van der Waals surface area (Å²) in [6.07, 6.45) is 8.92. The van der Waals surface area contributed by atoms with Crippen LogP contribution in [0.1, 0.15) is 42.7 Å². The Labute approximate surface area is 124 Å². The minimum absolute atomic E-state index is 0.305. The number of H-pyrrole nitrogens is 1. The third kappa shape index (κ3) is 3.62. The van der Waals surface area contributed by atoms with Gasteiger partial charge in [-0.3, -0.25) is 0 Å². The average Bonchev–Trinajstić information content (AvgIpc) is 2.96. The Morgan fingerprint density at radius 1 is 1.43 bits per heavy atom. The third-order valence-electron chi connectivity index (χ3n) is 3.06. The summed E-state index contributed by atoms with van der Waals surface area (Å²) in [5.41, 5.74) is 1.89. The predicted molar refractivity (Wildman–Crippen MR) is 81.9 cm³/mol. The minimum atomic E-state index is -0.422. The first-order valence-electron chi connectivity index (χ1n) is 7.19. The molecule has 0 unspecified atom stereocenters. The molecule has 0 fully saturated rings. The van der Waals surface area contributed by atoms with Gasteiger partial charge in [0.2, 0.25) is 0 Å². The molecule has 0 aliphatic carbocycles. The van der Waals surface area contributed by atoms with E-state index in [0.717, 1.165) is 23.7 Å². The Morgan fingerprint density at radius 3 is 3.05 bits per heavy atom. The van der Waals surface area contributed by atoms with Crippen molar-refractivity contribution >= 4 is 22.9 Å². The van der Waals surface area contributed by atoms with Gasteiger partial charge < -0.3 is 14.5 Å². The minimum Gasteiger partial charge on any atom is -0.501 e. The van der Waals surface area contributed by atoms with E-state index >= 15 is 0 Å². The maximum Gasteiger partial charge on any atom is 0.357 e. The molecule has 0 radical (unpaired) electrons. The molecule has 0 spiro atoms. The fourth-order valence-electron chi connectivity index (χ4n) is 1.99. The van der Waals surface area contributed by atoms with Crippen LogP contribution < -0.4 is 0 Å². The first-order chi connectivity index (χ1) is 10.3. The Bertz CT molecular complexity index is 631. The lowest BCUT2D eigenvalue weighted by Gasteiger charge is -2.06. The molecule has 112 valence electrons. The number of unbranched alkanes of at least 4 members (excludes halogenated alkanes) is 1. The molecular weight excluding hydrogens is 268 g/mol. The zero-order valence-corrected chi connectivity index (χ0v) is 12.4. The molecule has 0 bridgehead atoms. The van der Waals surface area contributed by atoms with Gasteiger partial charge in [-0.1, -0.05) is 13.3 Å². The molecular formula is C16H20N2O3. The van der Waals surface area contributed by atoms with Crippen molar-refractivity contribution in [3.05, 3.63) is 36.0 Å². The van der Waals surface area contributed by atoms with Gasteiger partial charge in [0.25, 0.3) is 0 Å². The van der Waals surface area contributed by atoms with Gasteiger partial charge in [-0.05, 0) is 25.5 Å². The standard InChI is InChI=1S/C16H20N2O3/c1-3-5-9-20-10-7-13-12-6-8-17-14(12)11-18-15(13)16(19)21-4-2/h6-8,10-11,17H,3-5,9H2,1-2H3/b10-7+. The van der Waals surface area contributed by atoms with E-state index in [1.807, 2.05) is 12.3 Å². The number of fused-ring (bicyclic) bond motifs is 1. The van der Waals surface area contributed by atoms with Gasteiger partial charge in [-0.2, -0.15) is 0 Å². The number of hydrogen-bond donors (Lipinski definition) is 1. The van der Waals surface area contributed by atoms with Gasteiger partial charge in [0.15, 0.2) is 5.69 Å². The van der Waals surface area contributed by atoms with E-state index in [4.69, 9.17) is 9.47 Å². The van der Waals surface area contributed by atoms with Crippen molar-refractivity contribution in [2.45, 2.75) is 26.7 Å². The van der Waals surface area contributed by atoms with Crippen LogP contribution in [-0.4, -0.2) is 29.2 Å². The van der Waals surface area contributed by atoms with Crippen molar-refractivity contribution in [1.82, 2.24) is 9.97 Å². The predicted octanol–water partition coefficient (Wildman–Crippen LogP) is 3.53. The van der Waals surface area contributed by atoms with E-state index in [-0.39, 0.29) is 0 Å². The van der Waals surface area contributed by atoms with Crippen LogP contribution in [0.5, 0.6) is 0 Å². The maximum absolute atomic E-state index is 12.0. The SMILES string of the molecule is CCCCO/C=C/c1c(C(=O)OCC)ncc2[nH]ccc12. The summed E-state index contributed by atoms with van der Waals surface area (Å²) >= 11 is 0. The summed E-state index contributed by atoms with van der Waals surface area (Å²) in [6.45, 7) is 4.87. The van der Waals surface area contributed by atoms with Gasteiger partial charge in [0.05, 0.1) is 31.2 Å². The number of ether oxygens (including phenoxy) is 2. The fourth-order valence-corrected chi connectivity index (χ4v) is 1.99. The molecule has 0 atom stereocenters. The van der Waals surface area contributed by atoms with E-state index in [9.17, 15) is 4.79 Å². The summed E-state index contributed by atoms with van der Waals surface area (Å²) in [7, 11) is 0. The highest BCUT2D eigenvalue weighted by molar-refractivity contribution is 5.99. The number of aromatic amines is 1. The molecule has 2 heterocycles. The Morgan fingerprint density at radius 2 is 2.29 bits per heavy atom. The molecule has 0 amide bonds. The number of esters is 1. The smallest absolute Gasteiger partial charge is 0.357 e. The van der Waals surface area contributed by atoms with Crippen LogP contribution in [-0.2, 0) is 9.47 Å². The number of nitrogens with zero attached hydrogens (tertiary/aromatic N) is 1. The molecule has 2 rings (SSSR count). The molecule has 0 saturated heterocycles. The maximum atomic E-state index is 12.0. The van der Waals surface area contributed by atoms with Crippen LogP contribution in [0.2, 0.25) is 0 Å². The van der Waals surface area contributed by atoms with Crippen molar-refractivity contribution in [2.24, 2.45) is 0 Å². The number of pyridine rings is 1. The van der Waals surface area contributed by atoms with Gasteiger partial charge in [-0.15, -0.1) is 0 Å². The molecule has 21 heavy (non-hydrogen) atoms. The first kappa shape index (κ1) is 15.1. The lowest BCUT2D eigenvalue weighted by molar-refractivity contribution is 0.0519.